The van der Waals surface area contributed by atoms with Gasteiger partial charge in [-0.15, -0.1) is 0 Å². The smallest absolute Gasteiger partial charge is 0.229 e. The molecule has 2 aromatic carbocycles. The summed E-state index contributed by atoms with van der Waals surface area (Å²) in [5.74, 6) is 1.58. The van der Waals surface area contributed by atoms with E-state index in [1.54, 1.807) is 25.3 Å². The quantitative estimate of drug-likeness (QED) is 0.253. The molecule has 10 heteroatoms. The lowest BCUT2D eigenvalue weighted by Crippen LogP contribution is -2.39. The number of hydrogen-bond acceptors (Lipinski definition) is 5. The van der Waals surface area contributed by atoms with E-state index in [0.717, 1.165) is 22.7 Å². The molecule has 0 atom stereocenters. The molecule has 3 aromatic rings. The highest BCUT2D eigenvalue weighted by Gasteiger charge is 2.09. The van der Waals surface area contributed by atoms with Crippen molar-refractivity contribution in [2.24, 2.45) is 4.99 Å². The molecule has 0 saturated carbocycles. The second-order valence-corrected chi connectivity index (χ2v) is 8.07. The Morgan fingerprint density at radius 1 is 1.00 bits per heavy atom. The third kappa shape index (κ3) is 7.05. The molecular formula is C22H22Cl2N6OS. The Balaban J connectivity index is 1.78. The Kier molecular flexibility index (Phi) is 8.21. The molecule has 0 aliphatic heterocycles. The van der Waals surface area contributed by atoms with Crippen LogP contribution in [0, 0.1) is 13.8 Å². The van der Waals surface area contributed by atoms with Gasteiger partial charge in [-0.05, 0) is 68.0 Å². The number of benzene rings is 2. The van der Waals surface area contributed by atoms with Crippen LogP contribution >= 0.6 is 35.4 Å². The van der Waals surface area contributed by atoms with Crippen LogP contribution < -0.4 is 20.7 Å². The van der Waals surface area contributed by atoms with Gasteiger partial charge >= 0.3 is 0 Å². The van der Waals surface area contributed by atoms with Crippen molar-refractivity contribution in [2.75, 3.05) is 17.7 Å². The molecule has 3 rings (SSSR count). The van der Waals surface area contributed by atoms with E-state index in [9.17, 15) is 0 Å². The van der Waals surface area contributed by atoms with Gasteiger partial charge in [-0.25, -0.2) is 15.0 Å². The highest BCUT2D eigenvalue weighted by atomic mass is 35.5. The lowest BCUT2D eigenvalue weighted by molar-refractivity contribution is 0.414. The van der Waals surface area contributed by atoms with E-state index in [2.05, 4.69) is 30.9 Å². The number of nitrogens with one attached hydrogen (secondary N) is 3. The van der Waals surface area contributed by atoms with Crippen LogP contribution in [0.2, 0.25) is 10.0 Å². The number of guanidine groups is 1. The Hall–Kier alpha value is -2.94. The predicted octanol–water partition coefficient (Wildman–Crippen LogP) is 5.36. The number of hydrogen-bond donors (Lipinski definition) is 3. The Morgan fingerprint density at radius 3 is 2.31 bits per heavy atom. The maximum atomic E-state index is 6.23. The molecule has 0 amide bonds. The van der Waals surface area contributed by atoms with Crippen LogP contribution in [-0.4, -0.2) is 28.1 Å². The summed E-state index contributed by atoms with van der Waals surface area (Å²) in [6.07, 6.45) is 0. The number of nitrogens with zero attached hydrogens (tertiary/aromatic N) is 3. The van der Waals surface area contributed by atoms with Crippen LogP contribution in [0.1, 0.15) is 17.0 Å². The average molecular weight is 489 g/mol. The van der Waals surface area contributed by atoms with E-state index in [1.165, 1.54) is 0 Å². The van der Waals surface area contributed by atoms with Crippen molar-refractivity contribution < 1.29 is 4.74 Å². The van der Waals surface area contributed by atoms with Crippen molar-refractivity contribution in [3.8, 4) is 5.75 Å². The molecule has 3 N–H and O–H groups in total. The Bertz CT molecular complexity index is 1120. The molecule has 0 radical (unpaired) electrons. The molecule has 1 aromatic heterocycles. The van der Waals surface area contributed by atoms with E-state index >= 15 is 0 Å². The number of thiocarbonyl (C=S) groups is 1. The van der Waals surface area contributed by atoms with E-state index in [0.29, 0.717) is 39.3 Å². The maximum absolute atomic E-state index is 6.23. The SMILES string of the molecule is COc1ccc(CN=C(NC(=S)Nc2ccc(Cl)cc2Cl)Nc2nc(C)cc(C)n2)cc1. The molecule has 7 nitrogen and oxygen atoms in total. The summed E-state index contributed by atoms with van der Waals surface area (Å²) in [5.41, 5.74) is 3.28. The summed E-state index contributed by atoms with van der Waals surface area (Å²) in [6.45, 7) is 4.20. The van der Waals surface area contributed by atoms with Gasteiger partial charge in [0.15, 0.2) is 5.11 Å². The summed E-state index contributed by atoms with van der Waals surface area (Å²) in [5, 5.41) is 10.5. The monoisotopic (exact) mass is 488 g/mol. The van der Waals surface area contributed by atoms with Crippen LogP contribution in [-0.2, 0) is 6.54 Å². The number of aryl methyl sites for hydroxylation is 2. The van der Waals surface area contributed by atoms with Crippen LogP contribution in [0.5, 0.6) is 5.75 Å². The lowest BCUT2D eigenvalue weighted by Gasteiger charge is -2.15. The fourth-order valence-electron chi connectivity index (χ4n) is 2.75. The van der Waals surface area contributed by atoms with Crippen LogP contribution in [0.4, 0.5) is 11.6 Å². The molecule has 0 saturated heterocycles. The molecule has 0 unspecified atom stereocenters. The van der Waals surface area contributed by atoms with Gasteiger partial charge in [0.25, 0.3) is 0 Å². The molecule has 0 spiro atoms. The average Bonchev–Trinajstić information content (AvgIpc) is 2.73. The van der Waals surface area contributed by atoms with Gasteiger partial charge in [0.1, 0.15) is 5.75 Å². The number of anilines is 2. The molecular weight excluding hydrogens is 467 g/mol. The first-order valence-corrected chi connectivity index (χ1v) is 10.8. The topological polar surface area (TPSA) is 83.5 Å². The third-order valence-corrected chi connectivity index (χ3v) is 4.95. The second kappa shape index (κ2) is 11.1. The van der Waals surface area contributed by atoms with E-state index < -0.39 is 0 Å². The van der Waals surface area contributed by atoms with E-state index in [4.69, 9.17) is 40.2 Å². The first-order chi connectivity index (χ1) is 15.3. The van der Waals surface area contributed by atoms with Gasteiger partial charge in [0, 0.05) is 16.4 Å². The predicted molar refractivity (Wildman–Crippen MR) is 135 cm³/mol. The van der Waals surface area contributed by atoms with E-state index in [-0.39, 0.29) is 0 Å². The number of aromatic nitrogens is 2. The highest BCUT2D eigenvalue weighted by molar-refractivity contribution is 7.80. The Morgan fingerprint density at radius 2 is 1.69 bits per heavy atom. The minimum absolute atomic E-state index is 0.291. The normalized spacial score (nSPS) is 11.1. The van der Waals surface area contributed by atoms with Crippen molar-refractivity contribution >= 4 is 58.1 Å². The van der Waals surface area contributed by atoms with Crippen molar-refractivity contribution in [3.05, 3.63) is 75.5 Å². The molecule has 32 heavy (non-hydrogen) atoms. The van der Waals surface area contributed by atoms with Crippen LogP contribution in [0.3, 0.4) is 0 Å². The third-order valence-electron chi connectivity index (χ3n) is 4.20. The standard InChI is InChI=1S/C22H22Cl2N6OS/c1-13-10-14(2)27-21(26-13)29-20(25-12-15-4-7-17(31-3)8-5-15)30-22(32)28-19-9-6-16(23)11-18(19)24/h4-11H,12H2,1-3H3,(H3,25,26,27,28,29,30,32). The minimum atomic E-state index is 0.291. The Labute approximate surface area is 202 Å². The van der Waals surface area contributed by atoms with Gasteiger partial charge in [-0.2, -0.15) is 0 Å². The zero-order valence-electron chi connectivity index (χ0n) is 17.7. The molecule has 166 valence electrons. The fourth-order valence-corrected chi connectivity index (χ4v) is 3.41. The highest BCUT2D eigenvalue weighted by Crippen LogP contribution is 2.25. The van der Waals surface area contributed by atoms with Gasteiger partial charge in [-0.3, -0.25) is 5.32 Å². The molecule has 0 bridgehead atoms. The van der Waals surface area contributed by atoms with Gasteiger partial charge < -0.3 is 15.4 Å². The number of ether oxygens (including phenoxy) is 1. The fraction of sp³-hybridized carbons (Fsp3) is 0.182. The summed E-state index contributed by atoms with van der Waals surface area (Å²) in [7, 11) is 1.63. The van der Waals surface area contributed by atoms with Gasteiger partial charge in [-0.1, -0.05) is 35.3 Å². The van der Waals surface area contributed by atoms with E-state index in [1.807, 2.05) is 44.2 Å². The van der Waals surface area contributed by atoms with Crippen molar-refractivity contribution in [2.45, 2.75) is 20.4 Å². The van der Waals surface area contributed by atoms with Crippen molar-refractivity contribution in [1.29, 1.82) is 0 Å². The lowest BCUT2D eigenvalue weighted by atomic mass is 10.2. The summed E-state index contributed by atoms with van der Waals surface area (Å²) in [6, 6.07) is 14.6. The first kappa shape index (κ1) is 23.7. The molecule has 0 aliphatic carbocycles. The van der Waals surface area contributed by atoms with Crippen molar-refractivity contribution in [1.82, 2.24) is 15.3 Å². The molecule has 0 aliphatic rings. The zero-order chi connectivity index (χ0) is 23.1. The zero-order valence-corrected chi connectivity index (χ0v) is 20.1. The molecule has 0 fully saturated rings. The summed E-state index contributed by atoms with van der Waals surface area (Å²) in [4.78, 5) is 13.4. The maximum Gasteiger partial charge on any atom is 0.229 e. The number of halogens is 2. The van der Waals surface area contributed by atoms with Gasteiger partial charge in [0.05, 0.1) is 24.4 Å². The number of rotatable bonds is 5. The van der Waals surface area contributed by atoms with Crippen molar-refractivity contribution in [3.63, 3.8) is 0 Å². The van der Waals surface area contributed by atoms with Crippen LogP contribution in [0.15, 0.2) is 53.5 Å². The largest absolute Gasteiger partial charge is 0.497 e. The summed E-state index contributed by atoms with van der Waals surface area (Å²) >= 11 is 17.6. The number of aliphatic imine (C=N–C) groups is 1. The minimum Gasteiger partial charge on any atom is -0.497 e. The second-order valence-electron chi connectivity index (χ2n) is 6.82. The first-order valence-electron chi connectivity index (χ1n) is 9.62. The number of methoxy groups -OCH3 is 1. The van der Waals surface area contributed by atoms with Crippen LogP contribution in [0.25, 0.3) is 0 Å². The summed E-state index contributed by atoms with van der Waals surface area (Å²) < 4.78 is 5.20. The van der Waals surface area contributed by atoms with Gasteiger partial charge in [0.2, 0.25) is 11.9 Å². The molecule has 1 heterocycles.